The van der Waals surface area contributed by atoms with Crippen LogP contribution in [0.15, 0.2) is 35.4 Å². The van der Waals surface area contributed by atoms with E-state index in [2.05, 4.69) is 15.8 Å². The molecule has 0 heterocycles. The Labute approximate surface area is 152 Å². The van der Waals surface area contributed by atoms with Gasteiger partial charge in [-0.3, -0.25) is 9.59 Å². The lowest BCUT2D eigenvalue weighted by Gasteiger charge is -2.07. The van der Waals surface area contributed by atoms with E-state index in [9.17, 15) is 14.7 Å². The number of benzene rings is 2. The number of carbonyl (C=O) groups is 2. The Morgan fingerprint density at radius 2 is 1.62 bits per heavy atom. The van der Waals surface area contributed by atoms with Crippen LogP contribution in [-0.4, -0.2) is 23.1 Å². The fraction of sp³-hybridized carbons (Fsp3) is 0.250. The molecule has 0 radical (unpaired) electrons. The smallest absolute Gasteiger partial charge is 0.249 e. The summed E-state index contributed by atoms with van der Waals surface area (Å²) in [6.45, 7) is 7.52. The summed E-state index contributed by atoms with van der Waals surface area (Å²) in [6, 6.07) is 9.08. The van der Waals surface area contributed by atoms with Crippen molar-refractivity contribution in [2.24, 2.45) is 5.10 Å². The van der Waals surface area contributed by atoms with Gasteiger partial charge in [-0.25, -0.2) is 5.43 Å². The van der Waals surface area contributed by atoms with Crippen LogP contribution in [0.5, 0.6) is 5.75 Å². The predicted octanol–water partition coefficient (Wildman–Crippen LogP) is 3.10. The van der Waals surface area contributed by atoms with Crippen molar-refractivity contribution in [3.63, 3.8) is 0 Å². The van der Waals surface area contributed by atoms with Crippen LogP contribution in [0.3, 0.4) is 0 Å². The third-order valence-corrected chi connectivity index (χ3v) is 4.03. The molecular formula is C20H23N3O3. The van der Waals surface area contributed by atoms with Crippen LogP contribution < -0.4 is 10.7 Å². The summed E-state index contributed by atoms with van der Waals surface area (Å²) >= 11 is 0. The number of nitrogens with zero attached hydrogens (tertiary/aromatic N) is 1. The number of rotatable bonds is 5. The Morgan fingerprint density at radius 3 is 2.23 bits per heavy atom. The van der Waals surface area contributed by atoms with Crippen molar-refractivity contribution in [2.75, 3.05) is 5.32 Å². The third-order valence-electron chi connectivity index (χ3n) is 4.03. The van der Waals surface area contributed by atoms with E-state index < -0.39 is 11.8 Å². The average Bonchev–Trinajstić information content (AvgIpc) is 2.55. The molecular weight excluding hydrogens is 330 g/mol. The van der Waals surface area contributed by atoms with Crippen LogP contribution in [0.4, 0.5) is 5.69 Å². The summed E-state index contributed by atoms with van der Waals surface area (Å²) in [5, 5.41) is 16.3. The number of hydrazone groups is 1. The van der Waals surface area contributed by atoms with Gasteiger partial charge in [-0.1, -0.05) is 6.07 Å². The lowest BCUT2D eigenvalue weighted by atomic mass is 10.1. The van der Waals surface area contributed by atoms with Crippen LogP contribution in [0.2, 0.25) is 0 Å². The molecule has 0 saturated heterocycles. The van der Waals surface area contributed by atoms with Gasteiger partial charge in [0.1, 0.15) is 12.2 Å². The predicted molar refractivity (Wildman–Crippen MR) is 102 cm³/mol. The molecule has 6 heteroatoms. The largest absolute Gasteiger partial charge is 0.507 e. The molecule has 0 aromatic heterocycles. The maximum Gasteiger partial charge on any atom is 0.249 e. The van der Waals surface area contributed by atoms with Crippen molar-refractivity contribution >= 4 is 23.7 Å². The van der Waals surface area contributed by atoms with Crippen LogP contribution >= 0.6 is 0 Å². The Hall–Kier alpha value is -3.15. The number of aromatic hydroxyl groups is 1. The van der Waals surface area contributed by atoms with Crippen molar-refractivity contribution < 1.29 is 14.7 Å². The van der Waals surface area contributed by atoms with E-state index in [-0.39, 0.29) is 12.2 Å². The minimum atomic E-state index is -0.505. The normalized spacial score (nSPS) is 10.8. The molecule has 26 heavy (non-hydrogen) atoms. The molecule has 2 aromatic carbocycles. The lowest BCUT2D eigenvalue weighted by molar-refractivity contribution is -0.126. The second-order valence-corrected chi connectivity index (χ2v) is 6.32. The van der Waals surface area contributed by atoms with Crippen molar-refractivity contribution in [1.29, 1.82) is 0 Å². The first-order valence-corrected chi connectivity index (χ1v) is 8.25. The Kier molecular flexibility index (Phi) is 6.11. The molecule has 0 spiro atoms. The van der Waals surface area contributed by atoms with Crippen LogP contribution in [0.1, 0.15) is 34.2 Å². The van der Waals surface area contributed by atoms with Crippen molar-refractivity contribution in [3.8, 4) is 5.75 Å². The first-order chi connectivity index (χ1) is 12.3. The minimum Gasteiger partial charge on any atom is -0.507 e. The van der Waals surface area contributed by atoms with E-state index in [4.69, 9.17) is 0 Å². The highest BCUT2D eigenvalue weighted by atomic mass is 16.3. The molecule has 0 bridgehead atoms. The molecule has 0 aliphatic carbocycles. The molecule has 2 amide bonds. The molecule has 0 saturated carbocycles. The molecule has 0 fully saturated rings. The van der Waals surface area contributed by atoms with Crippen molar-refractivity contribution in [3.05, 3.63) is 58.1 Å². The van der Waals surface area contributed by atoms with E-state index in [1.54, 1.807) is 32.0 Å². The number of aryl methyl sites for hydroxylation is 4. The van der Waals surface area contributed by atoms with Gasteiger partial charge in [0.25, 0.3) is 0 Å². The van der Waals surface area contributed by atoms with Gasteiger partial charge < -0.3 is 10.4 Å². The maximum absolute atomic E-state index is 11.9. The van der Waals surface area contributed by atoms with Crippen LogP contribution in [0, 0.1) is 27.7 Å². The molecule has 2 rings (SSSR count). The zero-order chi connectivity index (χ0) is 19.3. The molecule has 0 atom stereocenters. The molecule has 3 N–H and O–H groups in total. The number of anilines is 1. The van der Waals surface area contributed by atoms with Gasteiger partial charge in [0, 0.05) is 5.69 Å². The number of phenolic OH excluding ortho intramolecular Hbond substituents is 1. The molecule has 0 aliphatic heterocycles. The van der Waals surface area contributed by atoms with Gasteiger partial charge in [-0.2, -0.15) is 5.10 Å². The number of phenols is 1. The highest BCUT2D eigenvalue weighted by molar-refractivity contribution is 6.03. The second kappa shape index (κ2) is 8.29. The number of amides is 2. The summed E-state index contributed by atoms with van der Waals surface area (Å²) in [4.78, 5) is 23.7. The van der Waals surface area contributed by atoms with Gasteiger partial charge in [-0.05, 0) is 79.8 Å². The zero-order valence-corrected chi connectivity index (χ0v) is 15.4. The number of nitrogens with one attached hydrogen (secondary N) is 2. The Morgan fingerprint density at radius 1 is 0.962 bits per heavy atom. The second-order valence-electron chi connectivity index (χ2n) is 6.32. The Bertz CT molecular complexity index is 850. The first kappa shape index (κ1) is 19.2. The fourth-order valence-electron chi connectivity index (χ4n) is 2.45. The Balaban J connectivity index is 1.88. The topological polar surface area (TPSA) is 90.8 Å². The minimum absolute atomic E-state index is 0.245. The van der Waals surface area contributed by atoms with E-state index in [0.29, 0.717) is 5.69 Å². The quantitative estimate of drug-likeness (QED) is 0.438. The van der Waals surface area contributed by atoms with Gasteiger partial charge in [0.2, 0.25) is 11.8 Å². The van der Waals surface area contributed by atoms with Gasteiger partial charge in [-0.15, -0.1) is 0 Å². The maximum atomic E-state index is 11.9. The third kappa shape index (κ3) is 5.17. The number of hydrogen-bond acceptors (Lipinski definition) is 4. The number of carbonyl (C=O) groups excluding carboxylic acids is 2. The molecule has 6 nitrogen and oxygen atoms in total. The van der Waals surface area contributed by atoms with Crippen LogP contribution in [0.25, 0.3) is 0 Å². The van der Waals surface area contributed by atoms with E-state index >= 15 is 0 Å². The average molecular weight is 353 g/mol. The summed E-state index contributed by atoms with van der Waals surface area (Å²) in [6.07, 6.45) is 1.15. The number of hydrogen-bond donors (Lipinski definition) is 3. The standard InChI is InChI=1S/C20H23N3O3/c1-12-5-6-17(9-13(12)2)22-18(24)10-19(25)23-21-11-16-7-14(3)20(26)15(4)8-16/h5-9,11,26H,10H2,1-4H3,(H,22,24)(H,23,25)/b21-11+. The summed E-state index contributed by atoms with van der Waals surface area (Å²) in [7, 11) is 0. The SMILES string of the molecule is Cc1ccc(NC(=O)CC(=O)N/N=C/c2cc(C)c(O)c(C)c2)cc1C. The zero-order valence-electron chi connectivity index (χ0n) is 15.4. The molecule has 136 valence electrons. The van der Waals surface area contributed by atoms with Crippen molar-refractivity contribution in [1.82, 2.24) is 5.43 Å². The van der Waals surface area contributed by atoms with Gasteiger partial charge in [0.05, 0.1) is 6.21 Å². The first-order valence-electron chi connectivity index (χ1n) is 8.25. The highest BCUT2D eigenvalue weighted by Crippen LogP contribution is 2.22. The lowest BCUT2D eigenvalue weighted by Crippen LogP contribution is -2.24. The summed E-state index contributed by atoms with van der Waals surface area (Å²) < 4.78 is 0. The van der Waals surface area contributed by atoms with Crippen LogP contribution in [-0.2, 0) is 9.59 Å². The van der Waals surface area contributed by atoms with E-state index in [1.165, 1.54) is 6.21 Å². The monoisotopic (exact) mass is 353 g/mol. The molecule has 0 aliphatic rings. The highest BCUT2D eigenvalue weighted by Gasteiger charge is 2.09. The van der Waals surface area contributed by atoms with E-state index in [0.717, 1.165) is 27.8 Å². The summed E-state index contributed by atoms with van der Waals surface area (Å²) in [5.74, 6) is -0.665. The summed E-state index contributed by atoms with van der Waals surface area (Å²) in [5.41, 5.74) is 7.39. The molecule has 2 aromatic rings. The van der Waals surface area contributed by atoms with Crippen molar-refractivity contribution in [2.45, 2.75) is 34.1 Å². The van der Waals surface area contributed by atoms with Gasteiger partial charge >= 0.3 is 0 Å². The van der Waals surface area contributed by atoms with Gasteiger partial charge in [0.15, 0.2) is 0 Å². The van der Waals surface area contributed by atoms with E-state index in [1.807, 2.05) is 26.0 Å². The fourth-order valence-corrected chi connectivity index (χ4v) is 2.45. The molecule has 0 unspecified atom stereocenters.